The van der Waals surface area contributed by atoms with Gasteiger partial charge in [0.2, 0.25) is 10.0 Å². The van der Waals surface area contributed by atoms with Gasteiger partial charge in [-0.25, -0.2) is 12.7 Å². The molecule has 21 heavy (non-hydrogen) atoms. The van der Waals surface area contributed by atoms with Crippen molar-refractivity contribution in [3.63, 3.8) is 0 Å². The topological polar surface area (TPSA) is 58.6 Å². The second-order valence-corrected chi connectivity index (χ2v) is 7.70. The molecular weight excluding hydrogens is 288 g/mol. The van der Waals surface area contributed by atoms with E-state index in [0.29, 0.717) is 19.0 Å². The van der Waals surface area contributed by atoms with Gasteiger partial charge in [0.1, 0.15) is 5.75 Å². The summed E-state index contributed by atoms with van der Waals surface area (Å²) in [5.74, 6) is 0.967. The van der Waals surface area contributed by atoms with Crippen LogP contribution in [0.3, 0.4) is 0 Å². The molecule has 0 spiro atoms. The van der Waals surface area contributed by atoms with Crippen LogP contribution in [-0.2, 0) is 16.6 Å². The summed E-state index contributed by atoms with van der Waals surface area (Å²) in [6.45, 7) is 1.17. The largest absolute Gasteiger partial charge is 0.497 e. The molecule has 0 amide bonds. The van der Waals surface area contributed by atoms with Crippen LogP contribution < -0.4 is 10.1 Å². The summed E-state index contributed by atoms with van der Waals surface area (Å²) in [4.78, 5) is 0. The summed E-state index contributed by atoms with van der Waals surface area (Å²) in [6.07, 6.45) is 3.11. The Hall–Kier alpha value is -1.11. The second kappa shape index (κ2) is 7.24. The Morgan fingerprint density at radius 3 is 2.52 bits per heavy atom. The number of benzene rings is 1. The third kappa shape index (κ3) is 5.30. The first-order chi connectivity index (χ1) is 10.0. The van der Waals surface area contributed by atoms with Crippen molar-refractivity contribution in [3.8, 4) is 5.75 Å². The Bertz CT molecular complexity index is 539. The summed E-state index contributed by atoms with van der Waals surface area (Å²) < 4.78 is 30.9. The molecule has 1 aromatic rings. The molecule has 118 valence electrons. The van der Waals surface area contributed by atoms with E-state index in [1.54, 1.807) is 14.2 Å². The van der Waals surface area contributed by atoms with Crippen LogP contribution in [0.5, 0.6) is 5.75 Å². The molecule has 0 aliphatic heterocycles. The van der Waals surface area contributed by atoms with Crippen LogP contribution in [-0.4, -0.2) is 45.2 Å². The second-order valence-electron chi connectivity index (χ2n) is 5.50. The first kappa shape index (κ1) is 16.3. The fraction of sp³-hybridized carbons (Fsp3) is 0.600. The van der Waals surface area contributed by atoms with E-state index in [2.05, 4.69) is 5.32 Å². The molecule has 1 aliphatic carbocycles. The van der Waals surface area contributed by atoms with Crippen LogP contribution in [0.25, 0.3) is 0 Å². The van der Waals surface area contributed by atoms with Gasteiger partial charge in [0, 0.05) is 19.6 Å². The van der Waals surface area contributed by atoms with E-state index in [1.807, 2.05) is 24.3 Å². The highest BCUT2D eigenvalue weighted by atomic mass is 32.2. The van der Waals surface area contributed by atoms with Crippen molar-refractivity contribution in [1.29, 1.82) is 0 Å². The minimum atomic E-state index is -3.19. The first-order valence-corrected chi connectivity index (χ1v) is 8.92. The van der Waals surface area contributed by atoms with Crippen molar-refractivity contribution < 1.29 is 13.2 Å². The molecule has 0 unspecified atom stereocenters. The normalized spacial score (nSPS) is 15.4. The predicted molar refractivity (Wildman–Crippen MR) is 83.9 cm³/mol. The number of hydrogen-bond acceptors (Lipinski definition) is 4. The summed E-state index contributed by atoms with van der Waals surface area (Å²) in [5, 5.41) is 3.33. The van der Waals surface area contributed by atoms with Crippen molar-refractivity contribution in [2.75, 3.05) is 26.5 Å². The van der Waals surface area contributed by atoms with Crippen LogP contribution in [0.2, 0.25) is 0 Å². The summed E-state index contributed by atoms with van der Waals surface area (Å²) >= 11 is 0. The molecule has 0 saturated heterocycles. The lowest BCUT2D eigenvalue weighted by Crippen LogP contribution is -2.30. The van der Waals surface area contributed by atoms with Crippen LogP contribution in [0.4, 0.5) is 0 Å². The van der Waals surface area contributed by atoms with Gasteiger partial charge in [-0.2, -0.15) is 0 Å². The number of ether oxygens (including phenoxy) is 1. The summed E-state index contributed by atoms with van der Waals surface area (Å²) in [7, 11) is 0.0556. The molecule has 5 nitrogen and oxygen atoms in total. The van der Waals surface area contributed by atoms with Crippen LogP contribution in [0, 0.1) is 0 Å². The molecule has 0 atom stereocenters. The molecule has 1 N–H and O–H groups in total. The van der Waals surface area contributed by atoms with E-state index >= 15 is 0 Å². The standard InChI is InChI=1S/C15H24N2O3S/c1-17(12-13-4-8-15(20-2)9-5-13)21(18,19)11-3-10-16-14-6-7-14/h4-5,8-9,14,16H,3,6-7,10-12H2,1-2H3. The zero-order valence-electron chi connectivity index (χ0n) is 12.7. The number of hydrogen-bond donors (Lipinski definition) is 1. The minimum Gasteiger partial charge on any atom is -0.497 e. The average molecular weight is 312 g/mol. The first-order valence-electron chi connectivity index (χ1n) is 7.31. The van der Waals surface area contributed by atoms with E-state index in [0.717, 1.165) is 17.9 Å². The summed E-state index contributed by atoms with van der Waals surface area (Å²) in [6, 6.07) is 8.09. The highest BCUT2D eigenvalue weighted by molar-refractivity contribution is 7.89. The SMILES string of the molecule is COc1ccc(CN(C)S(=O)(=O)CCCNC2CC2)cc1. The number of rotatable bonds is 9. The molecule has 0 bridgehead atoms. The molecule has 1 aromatic carbocycles. The molecule has 0 aromatic heterocycles. The lowest BCUT2D eigenvalue weighted by molar-refractivity contribution is 0.414. The highest BCUT2D eigenvalue weighted by Crippen LogP contribution is 2.18. The van der Waals surface area contributed by atoms with E-state index in [4.69, 9.17) is 4.74 Å². The van der Waals surface area contributed by atoms with E-state index in [9.17, 15) is 8.42 Å². The predicted octanol–water partition coefficient (Wildman–Crippen LogP) is 1.60. The number of sulfonamides is 1. The van der Waals surface area contributed by atoms with Gasteiger partial charge in [-0.1, -0.05) is 12.1 Å². The van der Waals surface area contributed by atoms with Gasteiger partial charge in [-0.05, 0) is 43.5 Å². The van der Waals surface area contributed by atoms with Gasteiger partial charge in [-0.3, -0.25) is 0 Å². The Labute approximate surface area is 127 Å². The molecule has 6 heteroatoms. The monoisotopic (exact) mass is 312 g/mol. The Morgan fingerprint density at radius 1 is 1.29 bits per heavy atom. The molecule has 0 heterocycles. The molecule has 1 aliphatic rings. The molecular formula is C15H24N2O3S. The zero-order chi connectivity index (χ0) is 15.3. The maximum atomic E-state index is 12.2. The van der Waals surface area contributed by atoms with Crippen LogP contribution in [0.1, 0.15) is 24.8 Å². The zero-order valence-corrected chi connectivity index (χ0v) is 13.5. The van der Waals surface area contributed by atoms with Gasteiger partial charge in [0.15, 0.2) is 0 Å². The molecule has 2 rings (SSSR count). The highest BCUT2D eigenvalue weighted by Gasteiger charge is 2.21. The Morgan fingerprint density at radius 2 is 1.95 bits per heavy atom. The van der Waals surface area contributed by atoms with Crippen molar-refractivity contribution in [2.24, 2.45) is 0 Å². The Balaban J connectivity index is 1.79. The Kier molecular flexibility index (Phi) is 5.61. The summed E-state index contributed by atoms with van der Waals surface area (Å²) in [5.41, 5.74) is 0.956. The molecule has 0 radical (unpaired) electrons. The smallest absolute Gasteiger partial charge is 0.214 e. The van der Waals surface area contributed by atoms with Crippen LogP contribution >= 0.6 is 0 Å². The van der Waals surface area contributed by atoms with Crippen molar-refractivity contribution in [3.05, 3.63) is 29.8 Å². The van der Waals surface area contributed by atoms with Crippen molar-refractivity contribution >= 4 is 10.0 Å². The fourth-order valence-electron chi connectivity index (χ4n) is 2.09. The number of nitrogens with one attached hydrogen (secondary N) is 1. The minimum absolute atomic E-state index is 0.194. The van der Waals surface area contributed by atoms with E-state index in [-0.39, 0.29) is 5.75 Å². The number of methoxy groups -OCH3 is 1. The van der Waals surface area contributed by atoms with Gasteiger partial charge >= 0.3 is 0 Å². The van der Waals surface area contributed by atoms with Crippen molar-refractivity contribution in [1.82, 2.24) is 9.62 Å². The van der Waals surface area contributed by atoms with Crippen LogP contribution in [0.15, 0.2) is 24.3 Å². The maximum Gasteiger partial charge on any atom is 0.214 e. The molecule has 1 saturated carbocycles. The molecule has 1 fully saturated rings. The quantitative estimate of drug-likeness (QED) is 0.704. The van der Waals surface area contributed by atoms with Gasteiger partial charge in [0.05, 0.1) is 12.9 Å². The van der Waals surface area contributed by atoms with E-state index in [1.165, 1.54) is 17.1 Å². The van der Waals surface area contributed by atoms with Crippen molar-refractivity contribution in [2.45, 2.75) is 31.8 Å². The number of nitrogens with zero attached hydrogens (tertiary/aromatic N) is 1. The lowest BCUT2D eigenvalue weighted by Gasteiger charge is -2.17. The van der Waals surface area contributed by atoms with Gasteiger partial charge < -0.3 is 10.1 Å². The third-order valence-electron chi connectivity index (χ3n) is 3.63. The lowest BCUT2D eigenvalue weighted by atomic mass is 10.2. The fourth-order valence-corrected chi connectivity index (χ4v) is 3.26. The van der Waals surface area contributed by atoms with Gasteiger partial charge in [0.25, 0.3) is 0 Å². The van der Waals surface area contributed by atoms with Gasteiger partial charge in [-0.15, -0.1) is 0 Å². The third-order valence-corrected chi connectivity index (χ3v) is 5.51. The average Bonchev–Trinajstić information content (AvgIpc) is 3.28. The van der Waals surface area contributed by atoms with E-state index < -0.39 is 10.0 Å². The maximum absolute atomic E-state index is 12.2.